The smallest absolute Gasteiger partial charge is 0.225 e. The van der Waals surface area contributed by atoms with Crippen LogP contribution in [0.3, 0.4) is 0 Å². The van der Waals surface area contributed by atoms with E-state index in [9.17, 15) is 13.2 Å². The number of amides is 1. The Kier molecular flexibility index (Phi) is 2.72. The third kappa shape index (κ3) is 2.49. The van der Waals surface area contributed by atoms with Crippen molar-refractivity contribution in [3.63, 3.8) is 0 Å². The van der Waals surface area contributed by atoms with Crippen LogP contribution < -0.4 is 5.14 Å². The average molecular weight is 232 g/mol. The predicted octanol–water partition coefficient (Wildman–Crippen LogP) is -0.324. The van der Waals surface area contributed by atoms with E-state index in [4.69, 9.17) is 5.14 Å². The first-order chi connectivity index (χ1) is 6.98. The molecule has 0 radical (unpaired) electrons. The molecule has 1 aliphatic heterocycles. The summed E-state index contributed by atoms with van der Waals surface area (Å²) in [6.07, 6.45) is 3.22. The standard InChI is InChI=1S/C9H16N2O3S/c10-15(13,14)8-2-1-5-11(6-8)9(12)7-3-4-7/h7-8H,1-6H2,(H2,10,13,14). The van der Waals surface area contributed by atoms with E-state index in [-0.39, 0.29) is 18.4 Å². The normalized spacial score (nSPS) is 27.8. The second-order valence-corrected chi connectivity index (χ2v) is 6.26. The third-order valence-corrected chi connectivity index (χ3v) is 4.40. The minimum atomic E-state index is -3.49. The molecule has 5 nitrogen and oxygen atoms in total. The van der Waals surface area contributed by atoms with Crippen molar-refractivity contribution >= 4 is 15.9 Å². The summed E-state index contributed by atoms with van der Waals surface area (Å²) >= 11 is 0. The van der Waals surface area contributed by atoms with Crippen molar-refractivity contribution in [2.24, 2.45) is 11.1 Å². The average Bonchev–Trinajstić information content (AvgIpc) is 2.99. The zero-order chi connectivity index (χ0) is 11.1. The quantitative estimate of drug-likeness (QED) is 0.708. The number of piperidine rings is 1. The molecule has 2 rings (SSSR count). The van der Waals surface area contributed by atoms with E-state index in [1.165, 1.54) is 0 Å². The second-order valence-electron chi connectivity index (χ2n) is 4.41. The van der Waals surface area contributed by atoms with Crippen molar-refractivity contribution in [3.8, 4) is 0 Å². The Morgan fingerprint density at radius 1 is 1.27 bits per heavy atom. The summed E-state index contributed by atoms with van der Waals surface area (Å²) in [5, 5.41) is 4.54. The number of hydrogen-bond acceptors (Lipinski definition) is 3. The molecule has 0 aromatic heterocycles. The number of nitrogens with two attached hydrogens (primary N) is 1. The van der Waals surface area contributed by atoms with Gasteiger partial charge in [0.15, 0.2) is 0 Å². The van der Waals surface area contributed by atoms with Crippen molar-refractivity contribution in [1.82, 2.24) is 4.90 Å². The molecule has 1 atom stereocenters. The Labute approximate surface area is 89.7 Å². The third-order valence-electron chi connectivity index (χ3n) is 3.08. The van der Waals surface area contributed by atoms with Gasteiger partial charge in [-0.15, -0.1) is 0 Å². The zero-order valence-electron chi connectivity index (χ0n) is 8.55. The van der Waals surface area contributed by atoms with Gasteiger partial charge in [-0.3, -0.25) is 4.79 Å². The highest BCUT2D eigenvalue weighted by atomic mass is 32.2. The molecular formula is C9H16N2O3S. The van der Waals surface area contributed by atoms with Crippen molar-refractivity contribution in [3.05, 3.63) is 0 Å². The van der Waals surface area contributed by atoms with Crippen LogP contribution in [0, 0.1) is 5.92 Å². The highest BCUT2D eigenvalue weighted by Gasteiger charge is 2.37. The lowest BCUT2D eigenvalue weighted by Crippen LogP contribution is -2.47. The van der Waals surface area contributed by atoms with Crippen LogP contribution in [0.15, 0.2) is 0 Å². The number of hydrogen-bond donors (Lipinski definition) is 1. The SMILES string of the molecule is NS(=O)(=O)C1CCCN(C(=O)C2CC2)C1. The van der Waals surface area contributed by atoms with Gasteiger partial charge in [-0.2, -0.15) is 0 Å². The van der Waals surface area contributed by atoms with Crippen molar-refractivity contribution in [1.29, 1.82) is 0 Å². The molecule has 1 saturated heterocycles. The summed E-state index contributed by atoms with van der Waals surface area (Å²) in [6, 6.07) is 0. The Balaban J connectivity index is 2.00. The monoisotopic (exact) mass is 232 g/mol. The van der Waals surface area contributed by atoms with Crippen molar-refractivity contribution < 1.29 is 13.2 Å². The van der Waals surface area contributed by atoms with Gasteiger partial charge in [0.1, 0.15) is 0 Å². The van der Waals surface area contributed by atoms with Gasteiger partial charge >= 0.3 is 0 Å². The molecule has 2 N–H and O–H groups in total. The number of rotatable bonds is 2. The Morgan fingerprint density at radius 2 is 1.93 bits per heavy atom. The van der Waals surface area contributed by atoms with Crippen LogP contribution in [0.1, 0.15) is 25.7 Å². The first-order valence-corrected chi connectivity index (χ1v) is 6.90. The van der Waals surface area contributed by atoms with Crippen molar-refractivity contribution in [2.45, 2.75) is 30.9 Å². The first-order valence-electron chi connectivity index (χ1n) is 5.29. The minimum Gasteiger partial charge on any atom is -0.341 e. The molecular weight excluding hydrogens is 216 g/mol. The van der Waals surface area contributed by atoms with Crippen LogP contribution in [-0.2, 0) is 14.8 Å². The molecule has 2 fully saturated rings. The molecule has 0 aromatic carbocycles. The maximum Gasteiger partial charge on any atom is 0.225 e. The van der Waals surface area contributed by atoms with Crippen LogP contribution in [0.5, 0.6) is 0 Å². The highest BCUT2D eigenvalue weighted by Crippen LogP contribution is 2.32. The fraction of sp³-hybridized carbons (Fsp3) is 0.889. The van der Waals surface area contributed by atoms with Gasteiger partial charge in [0.2, 0.25) is 15.9 Å². The van der Waals surface area contributed by atoms with Crippen LogP contribution in [0.25, 0.3) is 0 Å². The molecule has 15 heavy (non-hydrogen) atoms. The predicted molar refractivity (Wildman–Crippen MR) is 55.4 cm³/mol. The summed E-state index contributed by atoms with van der Waals surface area (Å²) in [4.78, 5) is 13.4. The van der Waals surface area contributed by atoms with Gasteiger partial charge in [0, 0.05) is 19.0 Å². The molecule has 2 aliphatic rings. The number of primary sulfonamides is 1. The molecule has 1 heterocycles. The van der Waals surface area contributed by atoms with Gasteiger partial charge in [0.05, 0.1) is 5.25 Å². The number of likely N-dealkylation sites (tertiary alicyclic amines) is 1. The highest BCUT2D eigenvalue weighted by molar-refractivity contribution is 7.89. The molecule has 0 spiro atoms. The molecule has 1 aliphatic carbocycles. The molecule has 0 bridgehead atoms. The van der Waals surface area contributed by atoms with Crippen LogP contribution in [-0.4, -0.2) is 37.6 Å². The number of carbonyl (C=O) groups excluding carboxylic acids is 1. The minimum absolute atomic E-state index is 0.114. The second kappa shape index (κ2) is 3.75. The van der Waals surface area contributed by atoms with E-state index in [0.717, 1.165) is 19.3 Å². The summed E-state index contributed by atoms with van der Waals surface area (Å²) in [5.74, 6) is 0.271. The van der Waals surface area contributed by atoms with E-state index in [1.54, 1.807) is 4.90 Å². The van der Waals surface area contributed by atoms with Gasteiger partial charge in [-0.25, -0.2) is 13.6 Å². The van der Waals surface area contributed by atoms with Gasteiger partial charge in [-0.05, 0) is 25.7 Å². The largest absolute Gasteiger partial charge is 0.341 e. The van der Waals surface area contributed by atoms with E-state index in [0.29, 0.717) is 13.0 Å². The number of nitrogens with zero attached hydrogens (tertiary/aromatic N) is 1. The topological polar surface area (TPSA) is 80.5 Å². The molecule has 1 amide bonds. The van der Waals surface area contributed by atoms with Crippen LogP contribution in [0.4, 0.5) is 0 Å². The Bertz CT molecular complexity index is 362. The maximum atomic E-state index is 11.7. The van der Waals surface area contributed by atoms with Crippen LogP contribution >= 0.6 is 0 Å². The summed E-state index contributed by atoms with van der Waals surface area (Å²) in [6.45, 7) is 0.968. The van der Waals surface area contributed by atoms with E-state index in [1.807, 2.05) is 0 Å². The molecule has 1 saturated carbocycles. The van der Waals surface area contributed by atoms with E-state index >= 15 is 0 Å². The lowest BCUT2D eigenvalue weighted by atomic mass is 10.1. The molecule has 0 aromatic rings. The lowest BCUT2D eigenvalue weighted by Gasteiger charge is -2.31. The fourth-order valence-electron chi connectivity index (χ4n) is 2.00. The number of sulfonamides is 1. The van der Waals surface area contributed by atoms with Gasteiger partial charge in [0.25, 0.3) is 0 Å². The summed E-state index contributed by atoms with van der Waals surface area (Å²) in [5.41, 5.74) is 0. The van der Waals surface area contributed by atoms with E-state index < -0.39 is 15.3 Å². The zero-order valence-corrected chi connectivity index (χ0v) is 9.37. The molecule has 6 heteroatoms. The van der Waals surface area contributed by atoms with E-state index in [2.05, 4.69) is 0 Å². The molecule has 86 valence electrons. The lowest BCUT2D eigenvalue weighted by molar-refractivity contribution is -0.133. The van der Waals surface area contributed by atoms with Crippen molar-refractivity contribution in [2.75, 3.05) is 13.1 Å². The Hall–Kier alpha value is -0.620. The maximum absolute atomic E-state index is 11.7. The summed E-state index contributed by atoms with van der Waals surface area (Å²) in [7, 11) is -3.49. The Morgan fingerprint density at radius 3 is 2.47 bits per heavy atom. The number of carbonyl (C=O) groups is 1. The van der Waals surface area contributed by atoms with Gasteiger partial charge in [-0.1, -0.05) is 0 Å². The fourth-order valence-corrected chi connectivity index (χ4v) is 2.88. The summed E-state index contributed by atoms with van der Waals surface area (Å²) < 4.78 is 22.4. The first kappa shape index (κ1) is 10.9. The molecule has 1 unspecified atom stereocenters. The van der Waals surface area contributed by atoms with Gasteiger partial charge < -0.3 is 4.90 Å². The van der Waals surface area contributed by atoms with Crippen LogP contribution in [0.2, 0.25) is 0 Å².